The molecule has 26 heavy (non-hydrogen) atoms. The molecule has 0 unspecified atom stereocenters. The number of nitrogens with one attached hydrogen (secondary N) is 1. The van der Waals surface area contributed by atoms with Crippen molar-refractivity contribution < 1.29 is 14.5 Å². The molecule has 2 aromatic carbocycles. The number of hydrogen-bond acceptors (Lipinski definition) is 4. The SMILES string of the molecule is O=C(COn1nnc2ccccc21)N1CC[NH+](Cc2ccccc2)CC1. The van der Waals surface area contributed by atoms with Crippen molar-refractivity contribution in [1.29, 1.82) is 0 Å². The van der Waals surface area contributed by atoms with Gasteiger partial charge in [0.2, 0.25) is 0 Å². The van der Waals surface area contributed by atoms with Crippen LogP contribution >= 0.6 is 0 Å². The summed E-state index contributed by atoms with van der Waals surface area (Å²) in [4.78, 5) is 22.7. The number of benzene rings is 2. The van der Waals surface area contributed by atoms with Crippen molar-refractivity contribution in [2.24, 2.45) is 0 Å². The van der Waals surface area contributed by atoms with Gasteiger partial charge in [-0.3, -0.25) is 4.79 Å². The van der Waals surface area contributed by atoms with Gasteiger partial charge in [0, 0.05) is 5.56 Å². The van der Waals surface area contributed by atoms with Crippen LogP contribution in [0.1, 0.15) is 5.56 Å². The number of carbonyl (C=O) groups excluding carboxylic acids is 1. The summed E-state index contributed by atoms with van der Waals surface area (Å²) < 4.78 is 0. The topological polar surface area (TPSA) is 64.7 Å². The quantitative estimate of drug-likeness (QED) is 0.690. The van der Waals surface area contributed by atoms with Crippen LogP contribution in [0, 0.1) is 0 Å². The summed E-state index contributed by atoms with van der Waals surface area (Å²) in [5.41, 5.74) is 2.85. The van der Waals surface area contributed by atoms with Crippen LogP contribution in [0.25, 0.3) is 11.0 Å². The van der Waals surface area contributed by atoms with Crippen molar-refractivity contribution in [3.8, 4) is 0 Å². The Morgan fingerprint density at radius 1 is 1.04 bits per heavy atom. The number of fused-ring (bicyclic) bond motifs is 1. The molecule has 0 bridgehead atoms. The van der Waals surface area contributed by atoms with Gasteiger partial charge in [-0.25, -0.2) is 0 Å². The predicted molar refractivity (Wildman–Crippen MR) is 96.4 cm³/mol. The third-order valence-electron chi connectivity index (χ3n) is 4.75. The van der Waals surface area contributed by atoms with Crippen molar-refractivity contribution in [3.63, 3.8) is 0 Å². The molecule has 1 saturated heterocycles. The van der Waals surface area contributed by atoms with Gasteiger partial charge in [-0.1, -0.05) is 47.3 Å². The number of nitrogens with zero attached hydrogens (tertiary/aromatic N) is 4. The lowest BCUT2D eigenvalue weighted by atomic mass is 10.2. The van der Waals surface area contributed by atoms with Gasteiger partial charge in [0.15, 0.2) is 6.61 Å². The van der Waals surface area contributed by atoms with E-state index in [2.05, 4.69) is 34.6 Å². The van der Waals surface area contributed by atoms with Gasteiger partial charge in [0.05, 0.1) is 26.2 Å². The highest BCUT2D eigenvalue weighted by Crippen LogP contribution is 2.08. The molecule has 134 valence electrons. The summed E-state index contributed by atoms with van der Waals surface area (Å²) in [5, 5.41) is 7.96. The molecule has 1 aromatic heterocycles. The first-order chi connectivity index (χ1) is 12.8. The number of aromatic nitrogens is 3. The van der Waals surface area contributed by atoms with E-state index in [1.165, 1.54) is 15.3 Å². The summed E-state index contributed by atoms with van der Waals surface area (Å²) in [6, 6.07) is 18.0. The van der Waals surface area contributed by atoms with Crippen molar-refractivity contribution in [2.75, 3.05) is 32.8 Å². The maximum Gasteiger partial charge on any atom is 0.263 e. The number of hydrogen-bond donors (Lipinski definition) is 1. The van der Waals surface area contributed by atoms with E-state index in [-0.39, 0.29) is 12.5 Å². The Morgan fingerprint density at radius 2 is 1.77 bits per heavy atom. The van der Waals surface area contributed by atoms with E-state index >= 15 is 0 Å². The molecule has 3 aromatic rings. The zero-order valence-corrected chi connectivity index (χ0v) is 14.5. The molecule has 1 fully saturated rings. The van der Waals surface area contributed by atoms with Crippen LogP contribution in [0.4, 0.5) is 0 Å². The molecule has 0 saturated carbocycles. The van der Waals surface area contributed by atoms with Crippen molar-refractivity contribution in [3.05, 3.63) is 60.2 Å². The Labute approximate surface area is 151 Å². The van der Waals surface area contributed by atoms with Crippen molar-refractivity contribution >= 4 is 16.9 Å². The summed E-state index contributed by atoms with van der Waals surface area (Å²) in [6.07, 6.45) is 0. The minimum atomic E-state index is -0.0264. The van der Waals surface area contributed by atoms with Gasteiger partial charge in [-0.15, -0.1) is 5.10 Å². The molecule has 4 rings (SSSR count). The molecule has 0 spiro atoms. The molecule has 1 aliphatic rings. The molecule has 1 aliphatic heterocycles. The highest BCUT2D eigenvalue weighted by molar-refractivity contribution is 5.78. The Balaban J connectivity index is 1.27. The van der Waals surface area contributed by atoms with E-state index < -0.39 is 0 Å². The van der Waals surface area contributed by atoms with Crippen molar-refractivity contribution in [2.45, 2.75) is 6.54 Å². The maximum atomic E-state index is 12.4. The minimum Gasteiger partial charge on any atom is -0.385 e. The van der Waals surface area contributed by atoms with Gasteiger partial charge in [-0.2, -0.15) is 0 Å². The average molecular weight is 352 g/mol. The monoisotopic (exact) mass is 352 g/mol. The lowest BCUT2D eigenvalue weighted by Gasteiger charge is -2.32. The summed E-state index contributed by atoms with van der Waals surface area (Å²) in [6.45, 7) is 4.39. The summed E-state index contributed by atoms with van der Waals surface area (Å²) in [7, 11) is 0. The number of rotatable bonds is 5. The zero-order valence-electron chi connectivity index (χ0n) is 14.5. The third-order valence-corrected chi connectivity index (χ3v) is 4.75. The second kappa shape index (κ2) is 7.53. The minimum absolute atomic E-state index is 0.0108. The van der Waals surface area contributed by atoms with Crippen LogP contribution in [0.15, 0.2) is 54.6 Å². The molecule has 7 nitrogen and oxygen atoms in total. The largest absolute Gasteiger partial charge is 0.385 e. The molecule has 0 radical (unpaired) electrons. The van der Waals surface area contributed by atoms with Crippen LogP contribution in [-0.2, 0) is 11.3 Å². The fraction of sp³-hybridized carbons (Fsp3) is 0.316. The maximum absolute atomic E-state index is 12.4. The Hall–Kier alpha value is -2.93. The van der Waals surface area contributed by atoms with Crippen LogP contribution in [0.2, 0.25) is 0 Å². The normalized spacial score (nSPS) is 15.3. The molecular formula is C19H22N5O2+. The number of quaternary nitrogens is 1. The molecular weight excluding hydrogens is 330 g/mol. The Kier molecular flexibility index (Phi) is 4.79. The Morgan fingerprint density at radius 3 is 2.58 bits per heavy atom. The molecule has 0 aliphatic carbocycles. The van der Waals surface area contributed by atoms with E-state index in [9.17, 15) is 4.79 Å². The molecule has 1 amide bonds. The van der Waals surface area contributed by atoms with Gasteiger partial charge >= 0.3 is 0 Å². The van der Waals surface area contributed by atoms with Gasteiger partial charge < -0.3 is 14.6 Å². The second-order valence-corrected chi connectivity index (χ2v) is 6.52. The fourth-order valence-corrected chi connectivity index (χ4v) is 3.28. The summed E-state index contributed by atoms with van der Waals surface area (Å²) >= 11 is 0. The van der Waals surface area contributed by atoms with Gasteiger partial charge in [0.1, 0.15) is 17.6 Å². The zero-order chi connectivity index (χ0) is 17.8. The lowest BCUT2D eigenvalue weighted by molar-refractivity contribution is -0.917. The number of para-hydroxylation sites is 1. The van der Waals surface area contributed by atoms with E-state index in [4.69, 9.17) is 4.84 Å². The number of piperazine rings is 1. The van der Waals surface area contributed by atoms with E-state index in [0.717, 1.165) is 43.8 Å². The van der Waals surface area contributed by atoms with Gasteiger partial charge in [-0.05, 0) is 17.3 Å². The first-order valence-electron chi connectivity index (χ1n) is 8.88. The van der Waals surface area contributed by atoms with E-state index in [0.29, 0.717) is 0 Å². The van der Waals surface area contributed by atoms with E-state index in [1.54, 1.807) is 0 Å². The number of carbonyl (C=O) groups is 1. The molecule has 0 atom stereocenters. The first-order valence-corrected chi connectivity index (χ1v) is 8.88. The molecule has 1 N–H and O–H groups in total. The van der Waals surface area contributed by atoms with Crippen LogP contribution in [0.5, 0.6) is 0 Å². The highest BCUT2D eigenvalue weighted by atomic mass is 16.7. The Bertz CT molecular complexity index is 872. The smallest absolute Gasteiger partial charge is 0.263 e. The standard InChI is InChI=1S/C19H21N5O2/c25-19(15-26-24-18-9-5-4-8-17(18)20-21-24)23-12-10-22(11-13-23)14-16-6-2-1-3-7-16/h1-9H,10-15H2/p+1. The van der Waals surface area contributed by atoms with E-state index in [1.807, 2.05) is 35.2 Å². The molecule has 7 heteroatoms. The lowest BCUT2D eigenvalue weighted by Crippen LogP contribution is -3.13. The van der Waals surface area contributed by atoms with Crippen LogP contribution in [-0.4, -0.2) is 58.8 Å². The predicted octanol–water partition coefficient (Wildman–Crippen LogP) is -0.213. The highest BCUT2D eigenvalue weighted by Gasteiger charge is 2.24. The second-order valence-electron chi connectivity index (χ2n) is 6.52. The fourth-order valence-electron chi connectivity index (χ4n) is 3.28. The van der Waals surface area contributed by atoms with Gasteiger partial charge in [0.25, 0.3) is 5.91 Å². The average Bonchev–Trinajstić information content (AvgIpc) is 3.11. The number of amides is 1. The first kappa shape index (κ1) is 16.5. The van der Waals surface area contributed by atoms with Crippen LogP contribution in [0.3, 0.4) is 0 Å². The third kappa shape index (κ3) is 3.67. The molecule has 2 heterocycles. The van der Waals surface area contributed by atoms with Crippen LogP contribution < -0.4 is 9.74 Å². The van der Waals surface area contributed by atoms with Crippen molar-refractivity contribution in [1.82, 2.24) is 20.1 Å². The summed E-state index contributed by atoms with van der Waals surface area (Å²) in [5.74, 6) is -0.0108.